The summed E-state index contributed by atoms with van der Waals surface area (Å²) in [5, 5.41) is 5.89. The highest BCUT2D eigenvalue weighted by atomic mass is 35.5. The lowest BCUT2D eigenvalue weighted by molar-refractivity contribution is -0.126. The number of nitrogens with two attached hydrogens (primary N) is 1. The third kappa shape index (κ3) is 3.86. The quantitative estimate of drug-likeness (QED) is 0.726. The monoisotopic (exact) mass is 310 g/mol. The van der Waals surface area contributed by atoms with Crippen molar-refractivity contribution in [2.45, 2.75) is 18.9 Å². The molecule has 1 fully saturated rings. The average molecular weight is 311 g/mol. The van der Waals surface area contributed by atoms with E-state index in [2.05, 4.69) is 10.6 Å². The van der Waals surface area contributed by atoms with Crippen LogP contribution in [0.2, 0.25) is 5.02 Å². The van der Waals surface area contributed by atoms with Crippen molar-refractivity contribution in [2.24, 2.45) is 0 Å². The van der Waals surface area contributed by atoms with Crippen molar-refractivity contribution in [1.29, 1.82) is 0 Å². The van der Waals surface area contributed by atoms with Gasteiger partial charge in [0.1, 0.15) is 0 Å². The van der Waals surface area contributed by atoms with E-state index >= 15 is 0 Å². The van der Waals surface area contributed by atoms with Crippen LogP contribution in [0, 0.1) is 0 Å². The number of hydrogen-bond donors (Lipinski definition) is 3. The van der Waals surface area contributed by atoms with E-state index in [1.807, 2.05) is 4.90 Å². The van der Waals surface area contributed by atoms with Crippen LogP contribution in [0.5, 0.6) is 0 Å². The zero-order valence-electron chi connectivity index (χ0n) is 11.9. The molecule has 1 aliphatic rings. The number of hydrogen-bond acceptors (Lipinski definition) is 4. The first-order valence-electron chi connectivity index (χ1n) is 6.82. The van der Waals surface area contributed by atoms with E-state index in [4.69, 9.17) is 17.3 Å². The summed E-state index contributed by atoms with van der Waals surface area (Å²) in [5.74, 6) is -0.244. The van der Waals surface area contributed by atoms with Gasteiger partial charge in [-0.05, 0) is 37.6 Å². The van der Waals surface area contributed by atoms with Gasteiger partial charge in [-0.15, -0.1) is 0 Å². The highest BCUT2D eigenvalue weighted by molar-refractivity contribution is 6.31. The highest BCUT2D eigenvalue weighted by Crippen LogP contribution is 2.23. The van der Waals surface area contributed by atoms with Gasteiger partial charge in [-0.25, -0.2) is 0 Å². The number of rotatable bonds is 4. The third-order valence-corrected chi connectivity index (χ3v) is 3.78. The van der Waals surface area contributed by atoms with Gasteiger partial charge in [-0.1, -0.05) is 11.6 Å². The molecule has 2 amide bonds. The van der Waals surface area contributed by atoms with Crippen LogP contribution in [0.4, 0.5) is 11.4 Å². The first-order valence-corrected chi connectivity index (χ1v) is 7.19. The minimum Gasteiger partial charge on any atom is -0.397 e. The van der Waals surface area contributed by atoms with Gasteiger partial charge >= 0.3 is 0 Å². The number of likely N-dealkylation sites (N-methyl/N-ethyl adjacent to an activating group) is 1. The first-order chi connectivity index (χ1) is 10.0. The molecule has 0 radical (unpaired) electrons. The molecule has 1 aromatic rings. The zero-order chi connectivity index (χ0) is 15.4. The lowest BCUT2D eigenvalue weighted by atomic mass is 10.2. The number of nitrogens with zero attached hydrogens (tertiary/aromatic N) is 1. The van der Waals surface area contributed by atoms with E-state index in [-0.39, 0.29) is 24.4 Å². The Bertz CT molecular complexity index is 550. The van der Waals surface area contributed by atoms with Gasteiger partial charge in [0.15, 0.2) is 0 Å². The summed E-state index contributed by atoms with van der Waals surface area (Å²) in [6, 6.07) is 4.68. The van der Waals surface area contributed by atoms with Crippen LogP contribution in [-0.2, 0) is 9.59 Å². The molecule has 1 aliphatic heterocycles. The number of nitrogen functional groups attached to an aromatic ring is 1. The van der Waals surface area contributed by atoms with Gasteiger partial charge in [0.25, 0.3) is 0 Å². The Hall–Kier alpha value is -1.79. The molecule has 0 spiro atoms. The van der Waals surface area contributed by atoms with Crippen molar-refractivity contribution in [3.8, 4) is 0 Å². The summed E-state index contributed by atoms with van der Waals surface area (Å²) >= 11 is 5.82. The molecule has 0 aliphatic carbocycles. The molecular formula is C14H19ClN4O2. The molecule has 21 heavy (non-hydrogen) atoms. The lowest BCUT2D eigenvalue weighted by Gasteiger charge is -2.22. The predicted molar refractivity (Wildman–Crippen MR) is 83.2 cm³/mol. The minimum atomic E-state index is -0.233. The van der Waals surface area contributed by atoms with E-state index in [9.17, 15) is 9.59 Å². The van der Waals surface area contributed by atoms with Crippen molar-refractivity contribution >= 4 is 34.8 Å². The first kappa shape index (κ1) is 15.6. The van der Waals surface area contributed by atoms with Crippen molar-refractivity contribution in [2.75, 3.05) is 31.2 Å². The van der Waals surface area contributed by atoms with Crippen LogP contribution in [0.1, 0.15) is 12.8 Å². The van der Waals surface area contributed by atoms with Crippen LogP contribution in [0.3, 0.4) is 0 Å². The number of likely N-dealkylation sites (tertiary alicyclic amines) is 1. The molecule has 4 N–H and O–H groups in total. The largest absolute Gasteiger partial charge is 0.397 e. The van der Waals surface area contributed by atoms with Crippen molar-refractivity contribution in [3.63, 3.8) is 0 Å². The Kier molecular flexibility index (Phi) is 5.03. The minimum absolute atomic E-state index is 0.0497. The van der Waals surface area contributed by atoms with E-state index < -0.39 is 0 Å². The SMILES string of the molecule is CNC(=O)C1CCCN1CC(=O)Nc1ccc(Cl)cc1N. The second-order valence-corrected chi connectivity index (χ2v) is 5.46. The number of amides is 2. The molecule has 1 atom stereocenters. The van der Waals surface area contributed by atoms with E-state index in [1.54, 1.807) is 25.2 Å². The van der Waals surface area contributed by atoms with Crippen LogP contribution in [0.25, 0.3) is 0 Å². The third-order valence-electron chi connectivity index (χ3n) is 3.55. The van der Waals surface area contributed by atoms with Gasteiger partial charge in [0.05, 0.1) is 24.0 Å². The summed E-state index contributed by atoms with van der Waals surface area (Å²) in [6.45, 7) is 0.905. The second-order valence-electron chi connectivity index (χ2n) is 5.02. The second kappa shape index (κ2) is 6.78. The Balaban J connectivity index is 1.96. The van der Waals surface area contributed by atoms with Crippen LogP contribution in [0.15, 0.2) is 18.2 Å². The van der Waals surface area contributed by atoms with Crippen molar-refractivity contribution < 1.29 is 9.59 Å². The number of carbonyl (C=O) groups is 2. The summed E-state index contributed by atoms with van der Waals surface area (Å²) in [4.78, 5) is 25.7. The molecule has 7 heteroatoms. The highest BCUT2D eigenvalue weighted by Gasteiger charge is 2.31. The molecular weight excluding hydrogens is 292 g/mol. The number of nitrogens with one attached hydrogen (secondary N) is 2. The summed E-state index contributed by atoms with van der Waals surface area (Å²) in [5.41, 5.74) is 6.74. The van der Waals surface area contributed by atoms with Crippen LogP contribution < -0.4 is 16.4 Å². The number of halogens is 1. The molecule has 1 heterocycles. The number of carbonyl (C=O) groups excluding carboxylic acids is 2. The maximum atomic E-state index is 12.1. The molecule has 0 saturated carbocycles. The molecule has 114 valence electrons. The number of benzene rings is 1. The zero-order valence-corrected chi connectivity index (χ0v) is 12.6. The fraction of sp³-hybridized carbons (Fsp3) is 0.429. The number of anilines is 2. The lowest BCUT2D eigenvalue weighted by Crippen LogP contribution is -2.45. The topological polar surface area (TPSA) is 87.5 Å². The Labute approximate surface area is 128 Å². The molecule has 0 aromatic heterocycles. The normalized spacial score (nSPS) is 18.5. The molecule has 2 rings (SSSR count). The summed E-state index contributed by atoms with van der Waals surface area (Å²) < 4.78 is 0. The fourth-order valence-electron chi connectivity index (χ4n) is 2.50. The Morgan fingerprint density at radius 3 is 2.90 bits per heavy atom. The molecule has 1 aromatic carbocycles. The molecule has 0 bridgehead atoms. The molecule has 1 unspecified atom stereocenters. The van der Waals surface area contributed by atoms with Gasteiger partial charge in [-0.2, -0.15) is 0 Å². The fourth-order valence-corrected chi connectivity index (χ4v) is 2.68. The average Bonchev–Trinajstić information content (AvgIpc) is 2.89. The maximum Gasteiger partial charge on any atom is 0.238 e. The van der Waals surface area contributed by atoms with Gasteiger partial charge in [0.2, 0.25) is 11.8 Å². The van der Waals surface area contributed by atoms with E-state index in [1.165, 1.54) is 0 Å². The van der Waals surface area contributed by atoms with E-state index in [0.717, 1.165) is 19.4 Å². The Morgan fingerprint density at radius 1 is 1.48 bits per heavy atom. The Morgan fingerprint density at radius 2 is 2.24 bits per heavy atom. The summed E-state index contributed by atoms with van der Waals surface area (Å²) in [7, 11) is 1.60. The van der Waals surface area contributed by atoms with Gasteiger partial charge in [-0.3, -0.25) is 14.5 Å². The standard InChI is InChI=1S/C14H19ClN4O2/c1-17-14(21)12-3-2-6-19(12)8-13(20)18-11-5-4-9(15)7-10(11)16/h4-5,7,12H,2-3,6,8,16H2,1H3,(H,17,21)(H,18,20). The van der Waals surface area contributed by atoms with Crippen LogP contribution >= 0.6 is 11.6 Å². The van der Waals surface area contributed by atoms with Crippen LogP contribution in [-0.4, -0.2) is 42.9 Å². The molecule has 1 saturated heterocycles. The van der Waals surface area contributed by atoms with Crippen molar-refractivity contribution in [3.05, 3.63) is 23.2 Å². The molecule has 6 nitrogen and oxygen atoms in total. The van der Waals surface area contributed by atoms with Crippen molar-refractivity contribution in [1.82, 2.24) is 10.2 Å². The smallest absolute Gasteiger partial charge is 0.238 e. The van der Waals surface area contributed by atoms with Gasteiger partial charge in [0, 0.05) is 12.1 Å². The summed E-state index contributed by atoms with van der Waals surface area (Å²) in [6.07, 6.45) is 1.69. The maximum absolute atomic E-state index is 12.1. The van der Waals surface area contributed by atoms with E-state index in [0.29, 0.717) is 16.4 Å². The predicted octanol–water partition coefficient (Wildman–Crippen LogP) is 1.07. The van der Waals surface area contributed by atoms with Gasteiger partial charge < -0.3 is 16.4 Å².